The van der Waals surface area contributed by atoms with Gasteiger partial charge in [-0.3, -0.25) is 0 Å². The van der Waals surface area contributed by atoms with Gasteiger partial charge in [0.25, 0.3) is 0 Å². The predicted octanol–water partition coefficient (Wildman–Crippen LogP) is 6.13. The van der Waals surface area contributed by atoms with Gasteiger partial charge in [0.15, 0.2) is 11.5 Å². The molecule has 0 bridgehead atoms. The van der Waals surface area contributed by atoms with Crippen molar-refractivity contribution in [3.05, 3.63) is 64.0 Å². The number of aromatic nitrogens is 3. The lowest BCUT2D eigenvalue weighted by molar-refractivity contribution is 0.0600. The Morgan fingerprint density at radius 3 is 2.60 bits per heavy atom. The van der Waals surface area contributed by atoms with E-state index in [0.717, 1.165) is 11.9 Å². The second-order valence-corrected chi connectivity index (χ2v) is 8.78. The normalized spacial score (nSPS) is 10.8. The number of rotatable bonds is 7. The first-order valence-corrected chi connectivity index (χ1v) is 11.8. The molecule has 0 amide bonds. The zero-order chi connectivity index (χ0) is 25.1. The minimum Gasteiger partial charge on any atom is -0.465 e. The molecule has 8 nitrogen and oxygen atoms in total. The van der Waals surface area contributed by atoms with Gasteiger partial charge in [0.1, 0.15) is 5.82 Å². The molecule has 4 rings (SSSR count). The summed E-state index contributed by atoms with van der Waals surface area (Å²) in [6.45, 7) is 0. The summed E-state index contributed by atoms with van der Waals surface area (Å²) >= 11 is 13.5. The average Bonchev–Trinajstić information content (AvgIpc) is 2.88. The number of nitrogens with one attached hydrogen (secondary N) is 3. The fraction of sp³-hybridized carbons (Fsp3) is 0.130. The van der Waals surface area contributed by atoms with E-state index in [4.69, 9.17) is 27.9 Å². The second kappa shape index (κ2) is 10.5. The maximum Gasteiger partial charge on any atom is 0.339 e. The van der Waals surface area contributed by atoms with Crippen LogP contribution >= 0.6 is 35.1 Å². The van der Waals surface area contributed by atoms with Gasteiger partial charge in [0.2, 0.25) is 5.95 Å². The van der Waals surface area contributed by atoms with E-state index in [1.54, 1.807) is 50.6 Å². The van der Waals surface area contributed by atoms with E-state index in [1.165, 1.54) is 13.2 Å². The number of hydrogen-bond acceptors (Lipinski definition) is 9. The molecule has 0 aliphatic rings. The third-order valence-electron chi connectivity index (χ3n) is 5.00. The average molecular weight is 533 g/mol. The molecule has 0 aliphatic heterocycles. The van der Waals surface area contributed by atoms with Gasteiger partial charge in [-0.05, 0) is 36.2 Å². The lowest BCUT2D eigenvalue weighted by Gasteiger charge is -2.14. The highest BCUT2D eigenvalue weighted by molar-refractivity contribution is 8.00. The molecular weight excluding hydrogens is 514 g/mol. The van der Waals surface area contributed by atoms with Crippen molar-refractivity contribution in [1.29, 1.82) is 0 Å². The Morgan fingerprint density at radius 1 is 1.09 bits per heavy atom. The number of fused-ring (bicyclic) bond motifs is 1. The minimum absolute atomic E-state index is 0.115. The van der Waals surface area contributed by atoms with Crippen molar-refractivity contribution in [2.75, 3.05) is 36.6 Å². The van der Waals surface area contributed by atoms with E-state index in [0.29, 0.717) is 38.8 Å². The Bertz CT molecular complexity index is 1440. The molecule has 180 valence electrons. The van der Waals surface area contributed by atoms with E-state index in [1.807, 2.05) is 0 Å². The smallest absolute Gasteiger partial charge is 0.339 e. The largest absolute Gasteiger partial charge is 0.465 e. The van der Waals surface area contributed by atoms with Gasteiger partial charge < -0.3 is 20.1 Å². The molecule has 2 aromatic heterocycles. The SMILES string of the molecule is CNc1ncc2cc(-c3cccc(NSc4cc(Cl)cc(C(=O)OC)c4Cl)c3F)c(NC)nc2n1. The summed E-state index contributed by atoms with van der Waals surface area (Å²) in [5.41, 5.74) is 1.65. The van der Waals surface area contributed by atoms with Crippen LogP contribution in [0.15, 0.2) is 47.5 Å². The van der Waals surface area contributed by atoms with Crippen LogP contribution in [-0.2, 0) is 4.74 Å². The third-order valence-corrected chi connectivity index (χ3v) is 6.60. The summed E-state index contributed by atoms with van der Waals surface area (Å²) in [6.07, 6.45) is 1.63. The highest BCUT2D eigenvalue weighted by Gasteiger charge is 2.19. The van der Waals surface area contributed by atoms with Gasteiger partial charge in [-0.2, -0.15) is 4.98 Å². The number of benzene rings is 2. The van der Waals surface area contributed by atoms with Crippen LogP contribution in [0.1, 0.15) is 10.4 Å². The number of esters is 1. The molecule has 0 atom stereocenters. The molecular formula is C23H19Cl2FN6O2S. The molecule has 2 aromatic carbocycles. The van der Waals surface area contributed by atoms with Crippen molar-refractivity contribution in [3.63, 3.8) is 0 Å². The molecule has 0 spiro atoms. The Balaban J connectivity index is 1.69. The predicted molar refractivity (Wildman–Crippen MR) is 139 cm³/mol. The summed E-state index contributed by atoms with van der Waals surface area (Å²) < 4.78 is 23.3. The molecule has 0 saturated carbocycles. The molecule has 0 saturated heterocycles. The Labute approximate surface area is 214 Å². The van der Waals surface area contributed by atoms with Crippen LogP contribution in [0.2, 0.25) is 10.0 Å². The van der Waals surface area contributed by atoms with Gasteiger partial charge in [0, 0.05) is 46.7 Å². The molecule has 0 fully saturated rings. The molecule has 35 heavy (non-hydrogen) atoms. The quantitative estimate of drug-likeness (QED) is 0.191. The van der Waals surface area contributed by atoms with E-state index in [9.17, 15) is 4.79 Å². The van der Waals surface area contributed by atoms with Crippen LogP contribution in [0.5, 0.6) is 0 Å². The summed E-state index contributed by atoms with van der Waals surface area (Å²) in [7, 11) is 4.67. The van der Waals surface area contributed by atoms with Crippen molar-refractivity contribution < 1.29 is 13.9 Å². The molecule has 12 heteroatoms. The minimum atomic E-state index is -0.623. The lowest BCUT2D eigenvalue weighted by atomic mass is 10.0. The number of carbonyl (C=O) groups is 1. The van der Waals surface area contributed by atoms with E-state index < -0.39 is 11.8 Å². The van der Waals surface area contributed by atoms with Gasteiger partial charge in [0.05, 0.1) is 23.4 Å². The van der Waals surface area contributed by atoms with Crippen LogP contribution in [0, 0.1) is 5.82 Å². The fourth-order valence-corrected chi connectivity index (χ4v) is 4.65. The maximum absolute atomic E-state index is 15.6. The number of methoxy groups -OCH3 is 1. The van der Waals surface area contributed by atoms with Crippen LogP contribution in [0.4, 0.5) is 21.8 Å². The summed E-state index contributed by atoms with van der Waals surface area (Å²) in [6, 6.07) is 9.71. The highest BCUT2D eigenvalue weighted by Crippen LogP contribution is 2.38. The zero-order valence-electron chi connectivity index (χ0n) is 18.7. The first-order valence-electron chi connectivity index (χ1n) is 10.2. The van der Waals surface area contributed by atoms with E-state index >= 15 is 4.39 Å². The highest BCUT2D eigenvalue weighted by atomic mass is 35.5. The fourth-order valence-electron chi connectivity index (χ4n) is 3.31. The number of halogens is 3. The maximum atomic E-state index is 15.6. The van der Waals surface area contributed by atoms with Crippen LogP contribution in [0.25, 0.3) is 22.2 Å². The number of pyridine rings is 1. The summed E-state index contributed by atoms with van der Waals surface area (Å²) in [4.78, 5) is 25.5. The van der Waals surface area contributed by atoms with Crippen molar-refractivity contribution >= 4 is 69.6 Å². The number of anilines is 3. The Kier molecular flexibility index (Phi) is 7.44. The molecule has 3 N–H and O–H groups in total. The van der Waals surface area contributed by atoms with Gasteiger partial charge in [-0.15, -0.1) is 0 Å². The van der Waals surface area contributed by atoms with E-state index in [2.05, 4.69) is 30.3 Å². The third kappa shape index (κ3) is 5.04. The van der Waals surface area contributed by atoms with Crippen LogP contribution in [0.3, 0.4) is 0 Å². The molecule has 2 heterocycles. The van der Waals surface area contributed by atoms with Crippen molar-refractivity contribution in [3.8, 4) is 11.1 Å². The lowest BCUT2D eigenvalue weighted by Crippen LogP contribution is -2.03. The van der Waals surface area contributed by atoms with Crippen molar-refractivity contribution in [2.45, 2.75) is 4.90 Å². The first-order chi connectivity index (χ1) is 16.9. The number of carbonyl (C=O) groups excluding carboxylic acids is 1. The molecule has 0 aliphatic carbocycles. The summed E-state index contributed by atoms with van der Waals surface area (Å²) in [5, 5.41) is 6.97. The van der Waals surface area contributed by atoms with Gasteiger partial charge >= 0.3 is 5.97 Å². The monoisotopic (exact) mass is 532 g/mol. The molecule has 4 aromatic rings. The second-order valence-electron chi connectivity index (χ2n) is 7.12. The topological polar surface area (TPSA) is 101 Å². The summed E-state index contributed by atoms with van der Waals surface area (Å²) in [5.74, 6) is -0.231. The van der Waals surface area contributed by atoms with E-state index in [-0.39, 0.29) is 21.3 Å². The number of ether oxygens (including phenoxy) is 1. The Hall–Kier alpha value is -3.34. The zero-order valence-corrected chi connectivity index (χ0v) is 21.1. The standard InChI is InChI=1S/C23H19Cl2FN6O2S/c1-27-21-14(7-11-10-29-23(28-2)31-20(11)30-21)13-5-4-6-16(19(13)26)32-35-17-9-12(24)8-15(18(17)25)22(33)34-3/h4-10,32H,1-3H3,(H2,27,28,29,30,31). The molecule has 0 unspecified atom stereocenters. The molecule has 0 radical (unpaired) electrons. The van der Waals surface area contributed by atoms with Crippen LogP contribution < -0.4 is 15.4 Å². The number of nitrogens with zero attached hydrogens (tertiary/aromatic N) is 3. The Morgan fingerprint density at radius 2 is 1.89 bits per heavy atom. The number of hydrogen-bond donors (Lipinski definition) is 3. The van der Waals surface area contributed by atoms with Crippen LogP contribution in [-0.4, -0.2) is 42.1 Å². The van der Waals surface area contributed by atoms with Gasteiger partial charge in [-0.25, -0.2) is 19.2 Å². The van der Waals surface area contributed by atoms with Crippen molar-refractivity contribution in [2.24, 2.45) is 0 Å². The van der Waals surface area contributed by atoms with Crippen molar-refractivity contribution in [1.82, 2.24) is 15.0 Å². The van der Waals surface area contributed by atoms with Gasteiger partial charge in [-0.1, -0.05) is 35.3 Å². The first kappa shape index (κ1) is 24.8.